The molecule has 0 spiro atoms. The summed E-state index contributed by atoms with van der Waals surface area (Å²) < 4.78 is 35.8. The molecular formula is C8H16CoF3NO. The first kappa shape index (κ1) is 16.6. The molecule has 0 saturated carbocycles. The molecule has 0 fully saturated rings. The van der Waals surface area contributed by atoms with Gasteiger partial charge < -0.3 is 10.0 Å². The van der Waals surface area contributed by atoms with Crippen LogP contribution in [0.5, 0.6) is 0 Å². The Morgan fingerprint density at radius 2 is 1.71 bits per heavy atom. The van der Waals surface area contributed by atoms with Crippen molar-refractivity contribution in [1.82, 2.24) is 4.90 Å². The quantitative estimate of drug-likeness (QED) is 0.828. The molecule has 0 rings (SSSR count). The average Bonchev–Trinajstić information content (AvgIpc) is 1.80. The fourth-order valence-electron chi connectivity index (χ4n) is 1.18. The van der Waals surface area contributed by atoms with E-state index < -0.39 is 18.2 Å². The number of likely N-dealkylation sites (N-methyl/N-ethyl adjacent to an activating group) is 1. The van der Waals surface area contributed by atoms with Crippen molar-refractivity contribution < 1.29 is 35.1 Å². The van der Waals surface area contributed by atoms with E-state index in [9.17, 15) is 18.3 Å². The van der Waals surface area contributed by atoms with Crippen LogP contribution in [0.3, 0.4) is 0 Å². The van der Waals surface area contributed by atoms with Gasteiger partial charge in [0.1, 0.15) is 0 Å². The molecule has 0 aliphatic rings. The van der Waals surface area contributed by atoms with Gasteiger partial charge in [-0.25, -0.2) is 0 Å². The molecule has 2 nitrogen and oxygen atoms in total. The molecule has 1 N–H and O–H groups in total. The number of hydrogen-bond donors (Lipinski definition) is 1. The predicted octanol–water partition coefficient (Wildman–Crippen LogP) is 1.64. The van der Waals surface area contributed by atoms with Gasteiger partial charge in [0, 0.05) is 23.3 Å². The van der Waals surface area contributed by atoms with Gasteiger partial charge in [0.15, 0.2) is 0 Å². The fourth-order valence-corrected chi connectivity index (χ4v) is 1.18. The summed E-state index contributed by atoms with van der Waals surface area (Å²) >= 11 is 0. The summed E-state index contributed by atoms with van der Waals surface area (Å²) in [5.74, 6) is 0. The predicted molar refractivity (Wildman–Crippen MR) is 44.5 cm³/mol. The fraction of sp³-hybridized carbons (Fsp3) is 1.00. The smallest absolute Gasteiger partial charge is 0.388 e. The van der Waals surface area contributed by atoms with Crippen LogP contribution in [0, 0.1) is 0 Å². The first-order valence-electron chi connectivity index (χ1n) is 4.14. The molecule has 0 heterocycles. The maximum Gasteiger partial charge on any atom is 0.391 e. The van der Waals surface area contributed by atoms with Gasteiger partial charge in [0.2, 0.25) is 0 Å². The molecule has 0 aromatic rings. The van der Waals surface area contributed by atoms with Crippen LogP contribution >= 0.6 is 0 Å². The van der Waals surface area contributed by atoms with Gasteiger partial charge in [-0.2, -0.15) is 13.2 Å². The number of nitrogens with zero attached hydrogens (tertiary/aromatic N) is 1. The minimum atomic E-state index is -4.31. The van der Waals surface area contributed by atoms with Crippen LogP contribution in [0.25, 0.3) is 0 Å². The zero-order valence-corrected chi connectivity index (χ0v) is 9.52. The average molecular weight is 258 g/mol. The molecular weight excluding hydrogens is 242 g/mol. The molecule has 14 heavy (non-hydrogen) atoms. The molecule has 0 aliphatic heterocycles. The van der Waals surface area contributed by atoms with E-state index in [0.717, 1.165) is 0 Å². The van der Waals surface area contributed by atoms with Gasteiger partial charge in [0.05, 0.1) is 12.0 Å². The number of alkyl halides is 3. The second-order valence-corrected chi connectivity index (χ2v) is 3.62. The zero-order chi connectivity index (χ0) is 10.7. The molecule has 0 saturated heterocycles. The van der Waals surface area contributed by atoms with Crippen molar-refractivity contribution in [2.75, 3.05) is 20.1 Å². The van der Waals surface area contributed by atoms with Crippen molar-refractivity contribution in [2.45, 2.75) is 32.0 Å². The SMILES string of the molecule is CCN(C)CC(C)(O)CC(F)(F)F.[Co]. The Morgan fingerprint density at radius 1 is 1.29 bits per heavy atom. The standard InChI is InChI=1S/C8H16F3NO.Co/c1-4-12(3)6-7(2,13)5-8(9,10)11;/h13H,4-6H2,1-3H3;. The summed E-state index contributed by atoms with van der Waals surface area (Å²) in [6, 6.07) is 0. The summed E-state index contributed by atoms with van der Waals surface area (Å²) in [5.41, 5.74) is -1.69. The molecule has 0 amide bonds. The molecule has 1 radical (unpaired) electrons. The normalized spacial score (nSPS) is 16.3. The van der Waals surface area contributed by atoms with Crippen molar-refractivity contribution in [2.24, 2.45) is 0 Å². The van der Waals surface area contributed by atoms with Crippen LogP contribution in [-0.4, -0.2) is 41.9 Å². The number of rotatable bonds is 4. The molecule has 1 unspecified atom stereocenters. The van der Waals surface area contributed by atoms with Gasteiger partial charge in [-0.05, 0) is 20.5 Å². The third kappa shape index (κ3) is 8.80. The van der Waals surface area contributed by atoms with Crippen LogP contribution in [0.15, 0.2) is 0 Å². The maximum atomic E-state index is 11.9. The Bertz CT molecular complexity index is 161. The van der Waals surface area contributed by atoms with E-state index in [-0.39, 0.29) is 23.3 Å². The van der Waals surface area contributed by atoms with E-state index in [1.165, 1.54) is 6.92 Å². The third-order valence-corrected chi connectivity index (χ3v) is 1.73. The number of halogens is 3. The van der Waals surface area contributed by atoms with Crippen molar-refractivity contribution in [3.8, 4) is 0 Å². The van der Waals surface area contributed by atoms with Crippen LogP contribution in [0.1, 0.15) is 20.3 Å². The van der Waals surface area contributed by atoms with Crippen LogP contribution < -0.4 is 0 Å². The van der Waals surface area contributed by atoms with Crippen LogP contribution in [0.4, 0.5) is 13.2 Å². The van der Waals surface area contributed by atoms with Crippen molar-refractivity contribution in [1.29, 1.82) is 0 Å². The molecule has 89 valence electrons. The van der Waals surface area contributed by atoms with Crippen molar-refractivity contribution >= 4 is 0 Å². The van der Waals surface area contributed by atoms with E-state index >= 15 is 0 Å². The minimum absolute atomic E-state index is 0. The first-order valence-corrected chi connectivity index (χ1v) is 4.14. The summed E-state index contributed by atoms with van der Waals surface area (Å²) in [6.45, 7) is 3.67. The molecule has 1 atom stereocenters. The van der Waals surface area contributed by atoms with Gasteiger partial charge in [0.25, 0.3) is 0 Å². The van der Waals surface area contributed by atoms with Crippen molar-refractivity contribution in [3.05, 3.63) is 0 Å². The van der Waals surface area contributed by atoms with E-state index in [1.807, 2.05) is 6.92 Å². The zero-order valence-electron chi connectivity index (χ0n) is 8.48. The van der Waals surface area contributed by atoms with E-state index in [4.69, 9.17) is 0 Å². The number of hydrogen-bond acceptors (Lipinski definition) is 2. The molecule has 0 aromatic carbocycles. The summed E-state index contributed by atoms with van der Waals surface area (Å²) in [6.07, 6.45) is -5.47. The number of aliphatic hydroxyl groups is 1. The molecule has 6 heteroatoms. The van der Waals surface area contributed by atoms with E-state index in [1.54, 1.807) is 11.9 Å². The van der Waals surface area contributed by atoms with E-state index in [0.29, 0.717) is 6.54 Å². The first-order chi connectivity index (χ1) is 5.66. The second-order valence-electron chi connectivity index (χ2n) is 3.62. The third-order valence-electron chi connectivity index (χ3n) is 1.73. The Balaban J connectivity index is 0. The second kappa shape index (κ2) is 5.94. The van der Waals surface area contributed by atoms with Crippen molar-refractivity contribution in [3.63, 3.8) is 0 Å². The molecule has 0 bridgehead atoms. The maximum absolute atomic E-state index is 11.9. The Kier molecular flexibility index (Phi) is 7.06. The topological polar surface area (TPSA) is 23.5 Å². The summed E-state index contributed by atoms with van der Waals surface area (Å²) in [5, 5.41) is 9.39. The van der Waals surface area contributed by atoms with Gasteiger partial charge >= 0.3 is 6.18 Å². The Labute approximate surface area is 92.7 Å². The summed E-state index contributed by atoms with van der Waals surface area (Å²) in [4.78, 5) is 1.64. The van der Waals surface area contributed by atoms with Crippen LogP contribution in [0.2, 0.25) is 0 Å². The van der Waals surface area contributed by atoms with Gasteiger partial charge in [-0.1, -0.05) is 6.92 Å². The monoisotopic (exact) mass is 258 g/mol. The van der Waals surface area contributed by atoms with Crippen LogP contribution in [-0.2, 0) is 16.8 Å². The van der Waals surface area contributed by atoms with Gasteiger partial charge in [-0.3, -0.25) is 0 Å². The molecule has 0 aromatic heterocycles. The largest absolute Gasteiger partial charge is 0.391 e. The Hall–Kier alpha value is 0.216. The Morgan fingerprint density at radius 3 is 2.00 bits per heavy atom. The minimum Gasteiger partial charge on any atom is -0.388 e. The van der Waals surface area contributed by atoms with E-state index in [2.05, 4.69) is 0 Å². The molecule has 0 aliphatic carbocycles. The summed E-state index contributed by atoms with van der Waals surface area (Å²) in [7, 11) is 1.67. The van der Waals surface area contributed by atoms with Gasteiger partial charge in [-0.15, -0.1) is 0 Å².